The molecule has 1 saturated heterocycles. The number of fused-ring (bicyclic) bond motifs is 2. The average molecular weight is 507 g/mol. The summed E-state index contributed by atoms with van der Waals surface area (Å²) >= 11 is 0. The molecular weight excluding hydrogens is 483 g/mol. The fraction of sp³-hybridized carbons (Fsp3) is 0.179. The first-order valence-electron chi connectivity index (χ1n) is 12.5. The molecule has 3 N–H and O–H groups in total. The number of hydrogen-bond acceptors (Lipinski definition) is 7. The van der Waals surface area contributed by atoms with E-state index in [2.05, 4.69) is 41.1 Å². The highest BCUT2D eigenvalue weighted by Gasteiger charge is 2.18. The number of hydrogen-bond donors (Lipinski definition) is 3. The van der Waals surface area contributed by atoms with Gasteiger partial charge in [0.25, 0.3) is 0 Å². The number of nitrogens with one attached hydrogen (secondary N) is 2. The number of phenols is 1. The molecule has 0 saturated carbocycles. The summed E-state index contributed by atoms with van der Waals surface area (Å²) in [6.07, 6.45) is 9.62. The Labute approximate surface area is 216 Å². The number of halogens is 1. The predicted molar refractivity (Wildman–Crippen MR) is 142 cm³/mol. The third-order valence-corrected chi connectivity index (χ3v) is 6.95. The van der Waals surface area contributed by atoms with Crippen molar-refractivity contribution >= 4 is 22.1 Å². The normalized spacial score (nSPS) is 14.1. The Morgan fingerprint density at radius 1 is 0.974 bits per heavy atom. The number of likely N-dealkylation sites (tertiary alicyclic amines) is 1. The van der Waals surface area contributed by atoms with Gasteiger partial charge >= 0.3 is 0 Å². The van der Waals surface area contributed by atoms with Crippen LogP contribution in [0.2, 0.25) is 0 Å². The molecule has 9 nitrogen and oxygen atoms in total. The number of pyridine rings is 3. The second-order valence-electron chi connectivity index (χ2n) is 9.59. The van der Waals surface area contributed by atoms with E-state index in [9.17, 15) is 9.50 Å². The Morgan fingerprint density at radius 3 is 2.74 bits per heavy atom. The van der Waals surface area contributed by atoms with E-state index in [1.165, 1.54) is 25.0 Å². The third kappa shape index (κ3) is 4.04. The minimum absolute atomic E-state index is 0.155. The number of benzene rings is 1. The van der Waals surface area contributed by atoms with Crippen LogP contribution in [0.3, 0.4) is 0 Å². The first-order chi connectivity index (χ1) is 18.6. The zero-order valence-corrected chi connectivity index (χ0v) is 20.3. The van der Waals surface area contributed by atoms with Crippen LogP contribution in [0.4, 0.5) is 4.39 Å². The fourth-order valence-electron chi connectivity index (χ4n) is 5.15. The van der Waals surface area contributed by atoms with Crippen LogP contribution in [0.1, 0.15) is 18.4 Å². The molecule has 6 heterocycles. The maximum absolute atomic E-state index is 14.0. The summed E-state index contributed by atoms with van der Waals surface area (Å²) < 4.78 is 14.0. The fourth-order valence-corrected chi connectivity index (χ4v) is 5.15. The monoisotopic (exact) mass is 506 g/mol. The maximum Gasteiger partial charge on any atom is 0.160 e. The molecule has 1 aliphatic heterocycles. The van der Waals surface area contributed by atoms with Crippen LogP contribution in [0.5, 0.6) is 5.75 Å². The zero-order chi connectivity index (χ0) is 25.6. The van der Waals surface area contributed by atoms with Crippen molar-refractivity contribution < 1.29 is 9.50 Å². The predicted octanol–water partition coefficient (Wildman–Crippen LogP) is 5.07. The number of H-pyrrole nitrogens is 2. The Balaban J connectivity index is 1.28. The van der Waals surface area contributed by atoms with Crippen molar-refractivity contribution in [3.05, 3.63) is 72.6 Å². The lowest BCUT2D eigenvalue weighted by atomic mass is 10.1. The quantitative estimate of drug-likeness (QED) is 0.299. The van der Waals surface area contributed by atoms with Crippen LogP contribution in [0, 0.1) is 5.82 Å². The minimum atomic E-state index is -0.530. The summed E-state index contributed by atoms with van der Waals surface area (Å²) in [7, 11) is 0. The number of imidazole rings is 1. The molecule has 1 fully saturated rings. The van der Waals surface area contributed by atoms with Crippen LogP contribution >= 0.6 is 0 Å². The van der Waals surface area contributed by atoms with Crippen molar-refractivity contribution in [1.82, 2.24) is 40.0 Å². The highest BCUT2D eigenvalue weighted by atomic mass is 19.1. The van der Waals surface area contributed by atoms with Crippen LogP contribution in [-0.4, -0.2) is 58.2 Å². The Kier molecular flexibility index (Phi) is 5.33. The summed E-state index contributed by atoms with van der Waals surface area (Å²) in [5.74, 6) is -0.166. The van der Waals surface area contributed by atoms with Crippen LogP contribution in [-0.2, 0) is 6.54 Å². The van der Waals surface area contributed by atoms with E-state index in [4.69, 9.17) is 4.98 Å². The van der Waals surface area contributed by atoms with Crippen molar-refractivity contribution in [3.63, 3.8) is 0 Å². The van der Waals surface area contributed by atoms with Gasteiger partial charge in [-0.1, -0.05) is 0 Å². The van der Waals surface area contributed by atoms with Gasteiger partial charge in [0, 0.05) is 47.7 Å². The topological polar surface area (TPSA) is 120 Å². The van der Waals surface area contributed by atoms with Crippen LogP contribution in [0.25, 0.3) is 56.0 Å². The van der Waals surface area contributed by atoms with Crippen LogP contribution in [0.15, 0.2) is 61.2 Å². The summed E-state index contributed by atoms with van der Waals surface area (Å²) in [5, 5.41) is 18.3. The molecule has 10 heteroatoms. The number of phenolic OH excluding ortho intramolecular Hbond substituents is 1. The molecule has 1 aromatic carbocycles. The summed E-state index contributed by atoms with van der Waals surface area (Å²) in [5.41, 5.74) is 6.53. The molecule has 0 atom stereocenters. The maximum atomic E-state index is 14.0. The molecular formula is C28H23FN8O. The Morgan fingerprint density at radius 2 is 1.87 bits per heavy atom. The van der Waals surface area contributed by atoms with E-state index in [-0.39, 0.29) is 5.75 Å². The van der Waals surface area contributed by atoms with Crippen molar-refractivity contribution in [2.75, 3.05) is 13.1 Å². The van der Waals surface area contributed by atoms with Gasteiger partial charge in [-0.2, -0.15) is 5.10 Å². The summed E-state index contributed by atoms with van der Waals surface area (Å²) in [6, 6.07) is 9.80. The third-order valence-electron chi connectivity index (χ3n) is 6.95. The Hall–Kier alpha value is -4.70. The molecule has 0 spiro atoms. The molecule has 0 bridgehead atoms. The zero-order valence-electron chi connectivity index (χ0n) is 20.3. The van der Waals surface area contributed by atoms with Gasteiger partial charge in [-0.05, 0) is 67.4 Å². The molecule has 0 amide bonds. The summed E-state index contributed by atoms with van der Waals surface area (Å²) in [6.45, 7) is 3.14. The second kappa shape index (κ2) is 9.00. The van der Waals surface area contributed by atoms with Gasteiger partial charge in [-0.3, -0.25) is 20.0 Å². The first-order valence-corrected chi connectivity index (χ1v) is 12.5. The van der Waals surface area contributed by atoms with E-state index < -0.39 is 5.82 Å². The molecule has 0 unspecified atom stereocenters. The minimum Gasteiger partial charge on any atom is -0.508 e. The van der Waals surface area contributed by atoms with Gasteiger partial charge in [-0.25, -0.2) is 14.4 Å². The first kappa shape index (κ1) is 22.5. The molecule has 0 radical (unpaired) electrons. The smallest absolute Gasteiger partial charge is 0.160 e. The van der Waals surface area contributed by atoms with Gasteiger partial charge < -0.3 is 10.1 Å². The van der Waals surface area contributed by atoms with E-state index in [1.54, 1.807) is 18.5 Å². The number of aromatic nitrogens is 7. The van der Waals surface area contributed by atoms with Gasteiger partial charge in [-0.15, -0.1) is 0 Å². The highest BCUT2D eigenvalue weighted by Crippen LogP contribution is 2.33. The van der Waals surface area contributed by atoms with Gasteiger partial charge in [0.2, 0.25) is 0 Å². The molecule has 188 valence electrons. The van der Waals surface area contributed by atoms with E-state index in [1.807, 2.05) is 18.5 Å². The molecule has 38 heavy (non-hydrogen) atoms. The van der Waals surface area contributed by atoms with Crippen molar-refractivity contribution in [2.24, 2.45) is 0 Å². The van der Waals surface area contributed by atoms with Crippen molar-refractivity contribution in [3.8, 4) is 39.7 Å². The summed E-state index contributed by atoms with van der Waals surface area (Å²) in [4.78, 5) is 24.0. The molecule has 1 aliphatic rings. The largest absolute Gasteiger partial charge is 0.508 e. The number of nitrogens with zero attached hydrogens (tertiary/aromatic N) is 6. The van der Waals surface area contributed by atoms with E-state index in [0.29, 0.717) is 33.8 Å². The van der Waals surface area contributed by atoms with E-state index >= 15 is 0 Å². The lowest BCUT2D eigenvalue weighted by molar-refractivity contribution is 0.331. The van der Waals surface area contributed by atoms with Gasteiger partial charge in [0.05, 0.1) is 17.4 Å². The molecule has 5 aromatic heterocycles. The van der Waals surface area contributed by atoms with Crippen LogP contribution < -0.4 is 0 Å². The number of aromatic hydroxyl groups is 1. The van der Waals surface area contributed by atoms with Crippen molar-refractivity contribution in [1.29, 1.82) is 0 Å². The lowest BCUT2D eigenvalue weighted by Gasteiger charge is -2.14. The lowest BCUT2D eigenvalue weighted by Crippen LogP contribution is -2.18. The molecule has 0 aliphatic carbocycles. The van der Waals surface area contributed by atoms with Crippen molar-refractivity contribution in [2.45, 2.75) is 19.4 Å². The van der Waals surface area contributed by atoms with Gasteiger partial charge in [0.1, 0.15) is 22.8 Å². The number of aromatic amines is 2. The SMILES string of the molecule is Oc1cc(F)cc(-c2ccnc3[nH]c(-c4n[nH]c5cnc(-c6cncc(CN7CCCC7)c6)cc45)nc23)c1. The Bertz CT molecular complexity index is 1780. The average Bonchev–Trinajstić information content (AvgIpc) is 3.67. The highest BCUT2D eigenvalue weighted by molar-refractivity contribution is 5.96. The second-order valence-corrected chi connectivity index (χ2v) is 9.59. The van der Waals surface area contributed by atoms with Gasteiger partial charge in [0.15, 0.2) is 11.5 Å². The molecule has 7 rings (SSSR count). The standard InChI is InChI=1S/C28H23FN8O/c29-19-8-17(9-20(38)10-19)21-3-4-31-27-25(21)33-28(34-27)26-22-11-23(32-14-24(22)35-36-26)18-7-16(12-30-13-18)15-37-5-1-2-6-37/h3-4,7-14,38H,1-2,5-6,15H2,(H,35,36)(H,31,33,34). The number of rotatable bonds is 5. The molecule has 6 aromatic rings. The van der Waals surface area contributed by atoms with E-state index in [0.717, 1.165) is 53.4 Å².